The lowest BCUT2D eigenvalue weighted by Gasteiger charge is -2.40. The average molecular weight is 943 g/mol. The quantitative estimate of drug-likeness (QED) is 0.0196. The summed E-state index contributed by atoms with van der Waals surface area (Å²) in [6.07, 6.45) is 40.4. The standard InChI is InChI=1S/C52H94O12S/c1-3-5-7-9-11-13-15-17-19-21-22-23-25-26-28-30-32-34-36-38-40-47(53)61-42-45(43-62-52-51(57)50(56)49(55)46(64-52)44-65(58,59)60)63-48(54)41-39-37-35-33-31-29-27-24-20-18-16-14-12-10-8-6-4-2/h6,8,12,14,18,20,45-46,49-52,55-57H,3-5,7,9-11,13,15-17,19,21-44H2,1-2H3,(H,58,59,60)/b8-6-,14-12-,20-18-. The van der Waals surface area contributed by atoms with Crippen LogP contribution in [-0.4, -0.2) is 96.0 Å². The second-order valence-corrected chi connectivity index (χ2v) is 19.7. The fourth-order valence-corrected chi connectivity index (χ4v) is 8.68. The second kappa shape index (κ2) is 42.0. The molecule has 1 aliphatic heterocycles. The second-order valence-electron chi connectivity index (χ2n) is 18.2. The van der Waals surface area contributed by atoms with Gasteiger partial charge in [-0.2, -0.15) is 8.42 Å². The summed E-state index contributed by atoms with van der Waals surface area (Å²) in [6.45, 7) is 3.68. The highest BCUT2D eigenvalue weighted by molar-refractivity contribution is 7.85. The number of unbranched alkanes of at least 4 members (excludes halogenated alkanes) is 26. The predicted octanol–water partition coefficient (Wildman–Crippen LogP) is 11.7. The summed E-state index contributed by atoms with van der Waals surface area (Å²) < 4.78 is 54.2. The number of carbonyl (C=O) groups is 2. The molecule has 0 bridgehead atoms. The van der Waals surface area contributed by atoms with Crippen LogP contribution in [0.25, 0.3) is 0 Å². The average Bonchev–Trinajstić information content (AvgIpc) is 3.27. The van der Waals surface area contributed by atoms with Gasteiger partial charge in [-0.05, 0) is 44.9 Å². The third-order valence-corrected chi connectivity index (χ3v) is 12.7. The molecule has 0 saturated carbocycles. The Morgan fingerprint density at radius 3 is 1.45 bits per heavy atom. The van der Waals surface area contributed by atoms with Gasteiger partial charge in [0.05, 0.1) is 6.61 Å². The van der Waals surface area contributed by atoms with Crippen molar-refractivity contribution in [3.63, 3.8) is 0 Å². The molecular formula is C52H94O12S. The summed E-state index contributed by atoms with van der Waals surface area (Å²) in [6, 6.07) is 0. The van der Waals surface area contributed by atoms with Crippen LogP contribution in [0.15, 0.2) is 36.5 Å². The first-order valence-corrected chi connectivity index (χ1v) is 27.7. The fourth-order valence-electron chi connectivity index (χ4n) is 7.99. The number of carbonyl (C=O) groups excluding carboxylic acids is 2. The minimum absolute atomic E-state index is 0.155. The van der Waals surface area contributed by atoms with Crippen LogP contribution < -0.4 is 0 Å². The summed E-state index contributed by atoms with van der Waals surface area (Å²) in [5.41, 5.74) is 0. The molecule has 0 aliphatic carbocycles. The number of aliphatic hydroxyl groups excluding tert-OH is 3. The Morgan fingerprint density at radius 2 is 0.969 bits per heavy atom. The molecule has 1 aliphatic rings. The van der Waals surface area contributed by atoms with Crippen LogP contribution in [-0.2, 0) is 38.7 Å². The molecule has 0 aromatic rings. The zero-order valence-corrected chi connectivity index (χ0v) is 41.7. The maximum atomic E-state index is 12.9. The Hall–Kier alpha value is -2.13. The van der Waals surface area contributed by atoms with E-state index in [9.17, 15) is 37.9 Å². The number of ether oxygens (including phenoxy) is 4. The van der Waals surface area contributed by atoms with E-state index in [0.717, 1.165) is 83.5 Å². The van der Waals surface area contributed by atoms with Crippen molar-refractivity contribution in [3.05, 3.63) is 36.5 Å². The molecule has 6 atom stereocenters. The van der Waals surface area contributed by atoms with Gasteiger partial charge < -0.3 is 34.3 Å². The van der Waals surface area contributed by atoms with E-state index < -0.39 is 71.2 Å². The molecule has 12 nitrogen and oxygen atoms in total. The van der Waals surface area contributed by atoms with Gasteiger partial charge in [-0.15, -0.1) is 0 Å². The minimum Gasteiger partial charge on any atom is -0.462 e. The molecule has 13 heteroatoms. The minimum atomic E-state index is -4.61. The van der Waals surface area contributed by atoms with Gasteiger partial charge in [-0.1, -0.05) is 204 Å². The molecule has 4 N–H and O–H groups in total. The van der Waals surface area contributed by atoms with Crippen molar-refractivity contribution in [2.24, 2.45) is 0 Å². The monoisotopic (exact) mass is 943 g/mol. The fraction of sp³-hybridized carbons (Fsp3) is 0.846. The molecule has 0 aromatic heterocycles. The van der Waals surface area contributed by atoms with Crippen LogP contribution in [0.2, 0.25) is 0 Å². The van der Waals surface area contributed by atoms with Gasteiger partial charge in [0.25, 0.3) is 10.1 Å². The largest absolute Gasteiger partial charge is 0.462 e. The molecule has 1 saturated heterocycles. The van der Waals surface area contributed by atoms with Gasteiger partial charge in [0.15, 0.2) is 12.4 Å². The van der Waals surface area contributed by atoms with Gasteiger partial charge in [0, 0.05) is 12.8 Å². The Bertz CT molecular complexity index is 1330. The van der Waals surface area contributed by atoms with E-state index in [4.69, 9.17) is 18.9 Å². The Morgan fingerprint density at radius 1 is 0.538 bits per heavy atom. The molecule has 6 unspecified atom stereocenters. The zero-order valence-electron chi connectivity index (χ0n) is 40.8. The molecule has 1 heterocycles. The maximum Gasteiger partial charge on any atom is 0.306 e. The SMILES string of the molecule is CC/C=C\C/C=C\C/C=C\CCCCCCCCCC(=O)OC(COC(=O)CCCCCCCCCCCCCCCCCCCCCC)COC1OC(CS(=O)(=O)O)C(O)C(O)C1O. The van der Waals surface area contributed by atoms with Crippen molar-refractivity contribution < 1.29 is 56.8 Å². The number of allylic oxidation sites excluding steroid dienone is 6. The number of aliphatic hydroxyl groups is 3. The molecule has 0 spiro atoms. The molecule has 65 heavy (non-hydrogen) atoms. The van der Waals surface area contributed by atoms with Crippen molar-refractivity contribution in [2.75, 3.05) is 19.0 Å². The number of esters is 2. The Kier molecular flexibility index (Phi) is 39.4. The summed E-state index contributed by atoms with van der Waals surface area (Å²) in [5.74, 6) is -1.98. The van der Waals surface area contributed by atoms with E-state index in [-0.39, 0.29) is 19.4 Å². The third-order valence-electron chi connectivity index (χ3n) is 12.0. The van der Waals surface area contributed by atoms with Crippen molar-refractivity contribution in [1.29, 1.82) is 0 Å². The van der Waals surface area contributed by atoms with Crippen LogP contribution in [0.4, 0.5) is 0 Å². The van der Waals surface area contributed by atoms with Crippen LogP contribution in [0.1, 0.15) is 226 Å². The van der Waals surface area contributed by atoms with Gasteiger partial charge in [-0.25, -0.2) is 0 Å². The molecule has 0 aromatic carbocycles. The maximum absolute atomic E-state index is 12.9. The number of hydrogen-bond acceptors (Lipinski definition) is 11. The van der Waals surface area contributed by atoms with Crippen LogP contribution in [0, 0.1) is 0 Å². The number of hydrogen-bond donors (Lipinski definition) is 4. The van der Waals surface area contributed by atoms with E-state index in [1.165, 1.54) is 103 Å². The van der Waals surface area contributed by atoms with E-state index in [0.29, 0.717) is 12.8 Å². The van der Waals surface area contributed by atoms with E-state index in [2.05, 4.69) is 50.3 Å². The molecule has 1 fully saturated rings. The van der Waals surface area contributed by atoms with Crippen LogP contribution in [0.5, 0.6) is 0 Å². The van der Waals surface area contributed by atoms with Crippen molar-refractivity contribution >= 4 is 22.1 Å². The lowest BCUT2D eigenvalue weighted by atomic mass is 10.00. The van der Waals surface area contributed by atoms with Gasteiger partial charge in [-0.3, -0.25) is 14.1 Å². The summed E-state index contributed by atoms with van der Waals surface area (Å²) in [4.78, 5) is 25.5. The summed E-state index contributed by atoms with van der Waals surface area (Å²) in [5, 5.41) is 31.0. The Labute approximate surface area is 395 Å². The highest BCUT2D eigenvalue weighted by atomic mass is 32.2. The lowest BCUT2D eigenvalue weighted by Crippen LogP contribution is -2.60. The highest BCUT2D eigenvalue weighted by Crippen LogP contribution is 2.24. The van der Waals surface area contributed by atoms with E-state index in [1.807, 2.05) is 0 Å². The first-order valence-electron chi connectivity index (χ1n) is 26.0. The van der Waals surface area contributed by atoms with Crippen molar-refractivity contribution in [1.82, 2.24) is 0 Å². The lowest BCUT2D eigenvalue weighted by molar-refractivity contribution is -0.297. The summed E-state index contributed by atoms with van der Waals surface area (Å²) >= 11 is 0. The molecule has 1 rings (SSSR count). The smallest absolute Gasteiger partial charge is 0.306 e. The first kappa shape index (κ1) is 60.9. The normalized spacial score (nSPS) is 19.8. The van der Waals surface area contributed by atoms with Gasteiger partial charge >= 0.3 is 11.9 Å². The highest BCUT2D eigenvalue weighted by Gasteiger charge is 2.46. The third kappa shape index (κ3) is 36.6. The molecule has 0 amide bonds. The van der Waals surface area contributed by atoms with Crippen molar-refractivity contribution in [3.8, 4) is 0 Å². The molecule has 380 valence electrons. The van der Waals surface area contributed by atoms with Crippen LogP contribution >= 0.6 is 0 Å². The van der Waals surface area contributed by atoms with E-state index in [1.54, 1.807) is 0 Å². The van der Waals surface area contributed by atoms with Gasteiger partial charge in [0.1, 0.15) is 36.8 Å². The molecule has 0 radical (unpaired) electrons. The summed E-state index contributed by atoms with van der Waals surface area (Å²) in [7, 11) is -4.61. The number of rotatable bonds is 44. The zero-order chi connectivity index (χ0) is 47.6. The Balaban J connectivity index is 2.36. The van der Waals surface area contributed by atoms with E-state index >= 15 is 0 Å². The molecular weight excluding hydrogens is 849 g/mol. The first-order chi connectivity index (χ1) is 31.5. The van der Waals surface area contributed by atoms with Crippen molar-refractivity contribution in [2.45, 2.75) is 263 Å². The predicted molar refractivity (Wildman–Crippen MR) is 261 cm³/mol. The van der Waals surface area contributed by atoms with Crippen LogP contribution in [0.3, 0.4) is 0 Å². The topological polar surface area (TPSA) is 186 Å². The van der Waals surface area contributed by atoms with Gasteiger partial charge in [0.2, 0.25) is 0 Å².